The van der Waals surface area contributed by atoms with Crippen molar-refractivity contribution in [2.24, 2.45) is 12.1 Å². The van der Waals surface area contributed by atoms with Crippen LogP contribution >= 0.6 is 11.3 Å². The number of benzene rings is 2. The van der Waals surface area contributed by atoms with Crippen molar-refractivity contribution in [3.05, 3.63) is 76.7 Å². The van der Waals surface area contributed by atoms with E-state index in [1.807, 2.05) is 29.8 Å². The van der Waals surface area contributed by atoms with Crippen molar-refractivity contribution in [1.29, 1.82) is 0 Å². The number of fused-ring (bicyclic) bond motifs is 1. The zero-order valence-electron chi connectivity index (χ0n) is 18.6. The Morgan fingerprint density at radius 3 is 3.00 bits per heavy atom. The predicted octanol–water partition coefficient (Wildman–Crippen LogP) is 3.74. The minimum absolute atomic E-state index is 0.145. The molecule has 4 aromatic rings. The molecule has 1 fully saturated rings. The van der Waals surface area contributed by atoms with Gasteiger partial charge >= 0.3 is 0 Å². The number of aromatic nitrogens is 2. The summed E-state index contributed by atoms with van der Waals surface area (Å²) in [5, 5.41) is 11.2. The van der Waals surface area contributed by atoms with Crippen molar-refractivity contribution in [3.8, 4) is 10.6 Å². The molecule has 0 bridgehead atoms. The summed E-state index contributed by atoms with van der Waals surface area (Å²) in [6, 6.07) is 11.9. The van der Waals surface area contributed by atoms with E-state index in [1.165, 1.54) is 18.3 Å². The number of hydrogen-bond acceptors (Lipinski definition) is 6. The summed E-state index contributed by atoms with van der Waals surface area (Å²) < 4.78 is 20.7. The number of halogens is 1. The van der Waals surface area contributed by atoms with Gasteiger partial charge in [0.15, 0.2) is 0 Å². The molecule has 1 atom stereocenters. The first-order valence-corrected chi connectivity index (χ1v) is 11.9. The zero-order chi connectivity index (χ0) is 23.5. The molecule has 2 aromatic heterocycles. The summed E-state index contributed by atoms with van der Waals surface area (Å²) in [5.74, 6) is -0.637. The van der Waals surface area contributed by atoms with E-state index >= 15 is 0 Å². The number of rotatable bonds is 6. The number of morpholine rings is 1. The normalized spacial score (nSPS) is 16.4. The van der Waals surface area contributed by atoms with Crippen LogP contribution in [0.25, 0.3) is 21.5 Å². The molecule has 0 radical (unpaired) electrons. The van der Waals surface area contributed by atoms with Crippen molar-refractivity contribution in [2.45, 2.75) is 12.5 Å². The first-order valence-electron chi connectivity index (χ1n) is 11.0. The van der Waals surface area contributed by atoms with Crippen molar-refractivity contribution in [3.63, 3.8) is 0 Å². The number of amides is 1. The largest absolute Gasteiger partial charge is 0.375 e. The van der Waals surface area contributed by atoms with Crippen LogP contribution in [-0.4, -0.2) is 47.5 Å². The van der Waals surface area contributed by atoms with E-state index in [-0.39, 0.29) is 17.8 Å². The van der Waals surface area contributed by atoms with Crippen LogP contribution in [0.5, 0.6) is 0 Å². The molecule has 7 nitrogen and oxygen atoms in total. The van der Waals surface area contributed by atoms with Gasteiger partial charge in [-0.1, -0.05) is 12.1 Å². The maximum Gasteiger partial charge on any atom is 0.273 e. The smallest absolute Gasteiger partial charge is 0.273 e. The van der Waals surface area contributed by atoms with Gasteiger partial charge in [0, 0.05) is 54.6 Å². The lowest BCUT2D eigenvalue weighted by Gasteiger charge is -2.22. The molecular formula is C25H24FN5O2S. The summed E-state index contributed by atoms with van der Waals surface area (Å²) in [6.45, 7) is 2.46. The minimum Gasteiger partial charge on any atom is -0.375 e. The van der Waals surface area contributed by atoms with E-state index in [4.69, 9.17) is 9.72 Å². The SMILES string of the molecule is Cn1cc(C(=O)NN=Cc2ccc(F)cc2)c2cc(-c3nc(CC4CNCCO4)cs3)ccc21. The molecular weight excluding hydrogens is 453 g/mol. The maximum atomic E-state index is 13.0. The lowest BCUT2D eigenvalue weighted by Crippen LogP contribution is -2.39. The molecule has 1 unspecified atom stereocenters. The second-order valence-electron chi connectivity index (χ2n) is 8.18. The molecule has 5 rings (SSSR count). The number of nitrogens with zero attached hydrogens (tertiary/aromatic N) is 3. The average molecular weight is 478 g/mol. The lowest BCUT2D eigenvalue weighted by atomic mass is 10.1. The van der Waals surface area contributed by atoms with Crippen molar-refractivity contribution >= 4 is 34.4 Å². The fraction of sp³-hybridized carbons (Fsp3) is 0.240. The van der Waals surface area contributed by atoms with E-state index in [0.29, 0.717) is 11.1 Å². The highest BCUT2D eigenvalue weighted by atomic mass is 32.1. The predicted molar refractivity (Wildman–Crippen MR) is 132 cm³/mol. The maximum absolute atomic E-state index is 13.0. The van der Waals surface area contributed by atoms with Crippen molar-refractivity contribution in [1.82, 2.24) is 20.3 Å². The molecule has 1 saturated heterocycles. The number of hydrazone groups is 1. The van der Waals surface area contributed by atoms with E-state index in [2.05, 4.69) is 21.2 Å². The number of hydrogen-bond donors (Lipinski definition) is 2. The Balaban J connectivity index is 1.35. The van der Waals surface area contributed by atoms with Crippen LogP contribution < -0.4 is 10.7 Å². The first-order chi connectivity index (χ1) is 16.6. The molecule has 1 aliphatic heterocycles. The van der Waals surface area contributed by atoms with Crippen LogP contribution in [0.1, 0.15) is 21.6 Å². The molecule has 9 heteroatoms. The summed E-state index contributed by atoms with van der Waals surface area (Å²) in [6.07, 6.45) is 4.19. The molecule has 0 saturated carbocycles. The van der Waals surface area contributed by atoms with Gasteiger partial charge in [0.25, 0.3) is 5.91 Å². The van der Waals surface area contributed by atoms with Crippen molar-refractivity contribution in [2.75, 3.05) is 19.7 Å². The Labute approximate surface area is 200 Å². The lowest BCUT2D eigenvalue weighted by molar-refractivity contribution is 0.0287. The monoisotopic (exact) mass is 477 g/mol. The summed E-state index contributed by atoms with van der Waals surface area (Å²) >= 11 is 1.59. The zero-order valence-corrected chi connectivity index (χ0v) is 19.4. The molecule has 0 aliphatic carbocycles. The highest BCUT2D eigenvalue weighted by Crippen LogP contribution is 2.30. The van der Waals surface area contributed by atoms with Gasteiger partial charge in [0.1, 0.15) is 10.8 Å². The molecule has 174 valence electrons. The Bertz CT molecular complexity index is 1340. The fourth-order valence-corrected chi connectivity index (χ4v) is 4.83. The van der Waals surface area contributed by atoms with Crippen LogP contribution in [0.15, 0.2) is 59.1 Å². The summed E-state index contributed by atoms with van der Waals surface area (Å²) in [7, 11) is 1.90. The second kappa shape index (κ2) is 9.84. The minimum atomic E-state index is -0.320. The Morgan fingerprint density at radius 1 is 1.35 bits per heavy atom. The Kier molecular flexibility index (Phi) is 6.48. The van der Waals surface area contributed by atoms with E-state index in [1.54, 1.807) is 29.7 Å². The molecule has 3 heterocycles. The molecule has 1 aliphatic rings. The number of ether oxygens (including phenoxy) is 1. The van der Waals surface area contributed by atoms with Gasteiger partial charge in [-0.3, -0.25) is 4.79 Å². The van der Waals surface area contributed by atoms with Gasteiger partial charge in [-0.25, -0.2) is 14.8 Å². The second-order valence-corrected chi connectivity index (χ2v) is 9.04. The van der Waals surface area contributed by atoms with Gasteiger partial charge in [-0.2, -0.15) is 5.10 Å². The highest BCUT2D eigenvalue weighted by Gasteiger charge is 2.18. The van der Waals surface area contributed by atoms with E-state index < -0.39 is 0 Å². The topological polar surface area (TPSA) is 80.5 Å². The standard InChI is InChI=1S/C25H24FN5O2S/c1-31-14-22(24(32)30-28-12-16-2-5-18(26)6-3-16)21-10-17(4-7-23(21)31)25-29-19(15-34-25)11-20-13-27-8-9-33-20/h2-7,10,12,14-15,20,27H,8-9,11,13H2,1H3,(H,30,32). The summed E-state index contributed by atoms with van der Waals surface area (Å²) in [4.78, 5) is 17.7. The number of carbonyl (C=O) groups excluding carboxylic acids is 1. The van der Waals surface area contributed by atoms with Crippen LogP contribution in [0.4, 0.5) is 4.39 Å². The van der Waals surface area contributed by atoms with Crippen LogP contribution in [-0.2, 0) is 18.2 Å². The summed E-state index contributed by atoms with van der Waals surface area (Å²) in [5.41, 5.74) is 6.69. The van der Waals surface area contributed by atoms with Crippen LogP contribution in [0.2, 0.25) is 0 Å². The van der Waals surface area contributed by atoms with E-state index in [0.717, 1.165) is 53.3 Å². The molecule has 1 amide bonds. The Morgan fingerprint density at radius 2 is 2.21 bits per heavy atom. The molecule has 2 aromatic carbocycles. The highest BCUT2D eigenvalue weighted by molar-refractivity contribution is 7.13. The third-order valence-electron chi connectivity index (χ3n) is 5.72. The third-order valence-corrected chi connectivity index (χ3v) is 6.66. The Hall–Kier alpha value is -3.40. The number of nitrogens with one attached hydrogen (secondary N) is 2. The van der Waals surface area contributed by atoms with Gasteiger partial charge in [-0.15, -0.1) is 11.3 Å². The average Bonchev–Trinajstić information content (AvgIpc) is 3.45. The van der Waals surface area contributed by atoms with Gasteiger partial charge in [0.2, 0.25) is 0 Å². The molecule has 34 heavy (non-hydrogen) atoms. The fourth-order valence-electron chi connectivity index (χ4n) is 4.00. The first kappa shape index (κ1) is 22.4. The van der Waals surface area contributed by atoms with Gasteiger partial charge < -0.3 is 14.6 Å². The third kappa shape index (κ3) is 4.91. The number of aryl methyl sites for hydroxylation is 1. The van der Waals surface area contributed by atoms with Crippen molar-refractivity contribution < 1.29 is 13.9 Å². The van der Waals surface area contributed by atoms with Crippen LogP contribution in [0.3, 0.4) is 0 Å². The molecule has 0 spiro atoms. The number of thiazole rings is 1. The van der Waals surface area contributed by atoms with Gasteiger partial charge in [0.05, 0.1) is 30.2 Å². The quantitative estimate of drug-likeness (QED) is 0.328. The van der Waals surface area contributed by atoms with Crippen LogP contribution in [0, 0.1) is 5.82 Å². The number of carbonyl (C=O) groups is 1. The van der Waals surface area contributed by atoms with E-state index in [9.17, 15) is 9.18 Å². The van der Waals surface area contributed by atoms with Gasteiger partial charge in [-0.05, 0) is 35.9 Å². The molecule has 2 N–H and O–H groups in total.